The van der Waals surface area contributed by atoms with Crippen LogP contribution in [0.2, 0.25) is 10.0 Å². The standard InChI is InChI=1S/C11H9Cl2NS/c12-8-1-2-9(10(13)5-8)11(14)7-3-4-15-6-7/h1-6,11H,14H2/t11-/m0/s1. The molecule has 2 aromatic rings. The minimum absolute atomic E-state index is 0.180. The molecule has 0 saturated carbocycles. The SMILES string of the molecule is N[C@@H](c1ccsc1)c1ccc(Cl)cc1Cl. The zero-order valence-corrected chi connectivity index (χ0v) is 10.1. The highest BCUT2D eigenvalue weighted by molar-refractivity contribution is 7.08. The molecule has 4 heteroatoms. The van der Waals surface area contributed by atoms with Gasteiger partial charge in [0.25, 0.3) is 0 Å². The molecule has 0 fully saturated rings. The molecule has 0 aliphatic heterocycles. The average Bonchev–Trinajstić information content (AvgIpc) is 2.69. The van der Waals surface area contributed by atoms with Gasteiger partial charge in [-0.15, -0.1) is 0 Å². The topological polar surface area (TPSA) is 26.0 Å². The van der Waals surface area contributed by atoms with Crippen molar-refractivity contribution in [3.8, 4) is 0 Å². The Kier molecular flexibility index (Phi) is 3.32. The molecule has 1 heterocycles. The van der Waals surface area contributed by atoms with Crippen LogP contribution in [0.1, 0.15) is 17.2 Å². The van der Waals surface area contributed by atoms with Crippen LogP contribution < -0.4 is 5.73 Å². The molecule has 2 N–H and O–H groups in total. The fraction of sp³-hybridized carbons (Fsp3) is 0.0909. The van der Waals surface area contributed by atoms with Gasteiger partial charge < -0.3 is 5.73 Å². The summed E-state index contributed by atoms with van der Waals surface area (Å²) in [4.78, 5) is 0. The van der Waals surface area contributed by atoms with E-state index in [2.05, 4.69) is 0 Å². The minimum Gasteiger partial charge on any atom is -0.320 e. The van der Waals surface area contributed by atoms with Crippen LogP contribution in [-0.4, -0.2) is 0 Å². The van der Waals surface area contributed by atoms with Crippen molar-refractivity contribution in [2.24, 2.45) is 5.73 Å². The van der Waals surface area contributed by atoms with Crippen molar-refractivity contribution in [3.63, 3.8) is 0 Å². The monoisotopic (exact) mass is 257 g/mol. The van der Waals surface area contributed by atoms with Gasteiger partial charge in [0.2, 0.25) is 0 Å². The van der Waals surface area contributed by atoms with Crippen LogP contribution in [0.25, 0.3) is 0 Å². The normalized spacial score (nSPS) is 12.7. The highest BCUT2D eigenvalue weighted by Crippen LogP contribution is 2.29. The van der Waals surface area contributed by atoms with Crippen LogP contribution in [0.15, 0.2) is 35.0 Å². The number of nitrogens with two attached hydrogens (primary N) is 1. The molecular weight excluding hydrogens is 249 g/mol. The van der Waals surface area contributed by atoms with Crippen molar-refractivity contribution >= 4 is 34.5 Å². The van der Waals surface area contributed by atoms with E-state index in [0.29, 0.717) is 10.0 Å². The Hall–Kier alpha value is -0.540. The summed E-state index contributed by atoms with van der Waals surface area (Å²) in [5, 5.41) is 5.26. The maximum Gasteiger partial charge on any atom is 0.0574 e. The number of benzene rings is 1. The first-order valence-electron chi connectivity index (χ1n) is 4.41. The van der Waals surface area contributed by atoms with Crippen LogP contribution in [0.5, 0.6) is 0 Å². The Morgan fingerprint density at radius 2 is 2.00 bits per heavy atom. The molecule has 15 heavy (non-hydrogen) atoms. The van der Waals surface area contributed by atoms with Crippen molar-refractivity contribution < 1.29 is 0 Å². The van der Waals surface area contributed by atoms with E-state index in [1.165, 1.54) is 0 Å². The highest BCUT2D eigenvalue weighted by Gasteiger charge is 2.12. The summed E-state index contributed by atoms with van der Waals surface area (Å²) in [6, 6.07) is 7.20. The fourth-order valence-electron chi connectivity index (χ4n) is 1.39. The van der Waals surface area contributed by atoms with Gasteiger partial charge in [0.15, 0.2) is 0 Å². The first-order chi connectivity index (χ1) is 7.18. The lowest BCUT2D eigenvalue weighted by atomic mass is 10.0. The molecule has 0 amide bonds. The van der Waals surface area contributed by atoms with Gasteiger partial charge in [-0.1, -0.05) is 29.3 Å². The molecule has 2 rings (SSSR count). The van der Waals surface area contributed by atoms with Gasteiger partial charge in [-0.05, 0) is 40.1 Å². The number of thiophene rings is 1. The van der Waals surface area contributed by atoms with E-state index >= 15 is 0 Å². The molecule has 0 unspecified atom stereocenters. The number of hydrogen-bond acceptors (Lipinski definition) is 2. The van der Waals surface area contributed by atoms with Gasteiger partial charge in [-0.25, -0.2) is 0 Å². The molecule has 0 radical (unpaired) electrons. The zero-order chi connectivity index (χ0) is 10.8. The molecule has 1 aromatic carbocycles. The molecule has 0 saturated heterocycles. The predicted molar refractivity (Wildman–Crippen MR) is 66.8 cm³/mol. The average molecular weight is 258 g/mol. The summed E-state index contributed by atoms with van der Waals surface area (Å²) in [5.41, 5.74) is 8.07. The van der Waals surface area contributed by atoms with Crippen LogP contribution in [0.4, 0.5) is 0 Å². The second kappa shape index (κ2) is 4.54. The fourth-order valence-corrected chi connectivity index (χ4v) is 2.61. The van der Waals surface area contributed by atoms with Crippen molar-refractivity contribution in [3.05, 3.63) is 56.2 Å². The van der Waals surface area contributed by atoms with Crippen LogP contribution in [0, 0.1) is 0 Å². The molecule has 0 bridgehead atoms. The van der Waals surface area contributed by atoms with E-state index in [-0.39, 0.29) is 6.04 Å². The number of hydrogen-bond donors (Lipinski definition) is 1. The number of halogens is 2. The molecule has 1 atom stereocenters. The van der Waals surface area contributed by atoms with Crippen molar-refractivity contribution in [1.29, 1.82) is 0 Å². The van der Waals surface area contributed by atoms with Crippen LogP contribution >= 0.6 is 34.5 Å². The Balaban J connectivity index is 2.38. The smallest absolute Gasteiger partial charge is 0.0574 e. The van der Waals surface area contributed by atoms with Gasteiger partial charge in [-0.2, -0.15) is 11.3 Å². The van der Waals surface area contributed by atoms with Crippen LogP contribution in [0.3, 0.4) is 0 Å². The molecule has 1 nitrogen and oxygen atoms in total. The molecule has 78 valence electrons. The molecule has 0 spiro atoms. The van der Waals surface area contributed by atoms with Crippen LogP contribution in [-0.2, 0) is 0 Å². The quantitative estimate of drug-likeness (QED) is 0.862. The first kappa shape index (κ1) is 11.0. The minimum atomic E-state index is -0.180. The van der Waals surface area contributed by atoms with E-state index in [1.807, 2.05) is 22.9 Å². The van der Waals surface area contributed by atoms with Gasteiger partial charge in [0.1, 0.15) is 0 Å². The third-order valence-electron chi connectivity index (χ3n) is 2.20. The second-order valence-electron chi connectivity index (χ2n) is 3.20. The summed E-state index contributed by atoms with van der Waals surface area (Å²) in [5.74, 6) is 0. The maximum atomic E-state index is 6.09. The first-order valence-corrected chi connectivity index (χ1v) is 6.11. The van der Waals surface area contributed by atoms with E-state index in [4.69, 9.17) is 28.9 Å². The van der Waals surface area contributed by atoms with E-state index in [9.17, 15) is 0 Å². The third kappa shape index (κ3) is 2.34. The van der Waals surface area contributed by atoms with Crippen molar-refractivity contribution in [2.75, 3.05) is 0 Å². The second-order valence-corrected chi connectivity index (χ2v) is 4.82. The summed E-state index contributed by atoms with van der Waals surface area (Å²) >= 11 is 13.5. The van der Waals surface area contributed by atoms with E-state index < -0.39 is 0 Å². The van der Waals surface area contributed by atoms with E-state index in [1.54, 1.807) is 23.5 Å². The summed E-state index contributed by atoms with van der Waals surface area (Å²) in [7, 11) is 0. The van der Waals surface area contributed by atoms with E-state index in [0.717, 1.165) is 11.1 Å². The third-order valence-corrected chi connectivity index (χ3v) is 3.46. The largest absolute Gasteiger partial charge is 0.320 e. The molecule has 0 aliphatic rings. The Bertz CT molecular complexity index is 454. The molecule has 0 aliphatic carbocycles. The van der Waals surface area contributed by atoms with Crippen molar-refractivity contribution in [1.82, 2.24) is 0 Å². The molecular formula is C11H9Cl2NS. The Morgan fingerprint density at radius 1 is 1.20 bits per heavy atom. The lowest BCUT2D eigenvalue weighted by Crippen LogP contribution is -2.11. The lowest BCUT2D eigenvalue weighted by molar-refractivity contribution is 0.877. The lowest BCUT2D eigenvalue weighted by Gasteiger charge is -2.12. The van der Waals surface area contributed by atoms with Gasteiger partial charge in [0.05, 0.1) is 6.04 Å². The summed E-state index contributed by atoms with van der Waals surface area (Å²) in [6.45, 7) is 0. The maximum absolute atomic E-state index is 6.09. The Labute approximate surface area is 102 Å². The van der Waals surface area contributed by atoms with Gasteiger partial charge >= 0.3 is 0 Å². The highest BCUT2D eigenvalue weighted by atomic mass is 35.5. The predicted octanol–water partition coefficient (Wildman–Crippen LogP) is 4.10. The summed E-state index contributed by atoms with van der Waals surface area (Å²) < 4.78 is 0. The van der Waals surface area contributed by atoms with Gasteiger partial charge in [-0.3, -0.25) is 0 Å². The number of rotatable bonds is 2. The van der Waals surface area contributed by atoms with Gasteiger partial charge in [0, 0.05) is 10.0 Å². The zero-order valence-electron chi connectivity index (χ0n) is 7.78. The summed E-state index contributed by atoms with van der Waals surface area (Å²) in [6.07, 6.45) is 0. The Morgan fingerprint density at radius 3 is 2.60 bits per heavy atom. The van der Waals surface area contributed by atoms with Crippen molar-refractivity contribution in [2.45, 2.75) is 6.04 Å². The molecule has 1 aromatic heterocycles.